The first kappa shape index (κ1) is 12.3. The maximum atomic E-state index is 12.2. The second kappa shape index (κ2) is 4.27. The van der Waals surface area contributed by atoms with E-state index in [0.717, 1.165) is 6.42 Å². The molecule has 0 bridgehead atoms. The van der Waals surface area contributed by atoms with Gasteiger partial charge in [-0.2, -0.15) is 4.31 Å². The van der Waals surface area contributed by atoms with E-state index in [2.05, 4.69) is 11.9 Å². The molecular formula is C11H17N3O2S. The van der Waals surface area contributed by atoms with Gasteiger partial charge in [0.2, 0.25) is 0 Å². The maximum absolute atomic E-state index is 12.2. The van der Waals surface area contributed by atoms with Crippen LogP contribution in [0.2, 0.25) is 0 Å². The molecule has 5 nitrogen and oxygen atoms in total. The number of sulfonamides is 1. The average molecular weight is 255 g/mol. The Bertz CT molecular complexity index is 515. The molecule has 1 saturated carbocycles. The van der Waals surface area contributed by atoms with Gasteiger partial charge in [0, 0.05) is 19.8 Å². The summed E-state index contributed by atoms with van der Waals surface area (Å²) in [4.78, 5) is 3.86. The summed E-state index contributed by atoms with van der Waals surface area (Å²) in [6.07, 6.45) is 2.54. The number of nitrogens with zero attached hydrogens (tertiary/aromatic N) is 2. The van der Waals surface area contributed by atoms with Crippen LogP contribution in [0.4, 0.5) is 5.69 Å². The molecule has 17 heavy (non-hydrogen) atoms. The fourth-order valence-electron chi connectivity index (χ4n) is 1.85. The second-order valence-electron chi connectivity index (χ2n) is 4.66. The molecule has 0 radical (unpaired) electrons. The minimum absolute atomic E-state index is 0.0456. The first-order valence-corrected chi connectivity index (χ1v) is 7.03. The van der Waals surface area contributed by atoms with Crippen LogP contribution in [-0.4, -0.2) is 31.3 Å². The van der Waals surface area contributed by atoms with Crippen LogP contribution in [0.3, 0.4) is 0 Å². The molecule has 1 aromatic heterocycles. The van der Waals surface area contributed by atoms with Crippen LogP contribution in [0.5, 0.6) is 0 Å². The van der Waals surface area contributed by atoms with Gasteiger partial charge in [-0.3, -0.25) is 0 Å². The van der Waals surface area contributed by atoms with Crippen molar-refractivity contribution in [2.45, 2.75) is 18.4 Å². The SMILES string of the molecule is CC1CC1CN(C)S(=O)(=O)c1ncccc1N. The molecule has 6 heteroatoms. The Balaban J connectivity index is 2.21. The van der Waals surface area contributed by atoms with E-state index in [1.54, 1.807) is 19.2 Å². The molecule has 2 N–H and O–H groups in total. The quantitative estimate of drug-likeness (QED) is 0.868. The number of anilines is 1. The van der Waals surface area contributed by atoms with Crippen molar-refractivity contribution in [3.8, 4) is 0 Å². The smallest absolute Gasteiger partial charge is 0.262 e. The summed E-state index contributed by atoms with van der Waals surface area (Å²) >= 11 is 0. The Morgan fingerprint density at radius 1 is 1.59 bits per heavy atom. The predicted octanol–water partition coefficient (Wildman–Crippen LogP) is 0.940. The topological polar surface area (TPSA) is 76.3 Å². The van der Waals surface area contributed by atoms with Crippen molar-refractivity contribution >= 4 is 15.7 Å². The van der Waals surface area contributed by atoms with Crippen molar-refractivity contribution in [2.75, 3.05) is 19.3 Å². The molecule has 2 atom stereocenters. The minimum atomic E-state index is -3.55. The van der Waals surface area contributed by atoms with Gasteiger partial charge < -0.3 is 5.73 Å². The van der Waals surface area contributed by atoms with E-state index >= 15 is 0 Å². The van der Waals surface area contributed by atoms with E-state index in [1.165, 1.54) is 10.5 Å². The number of pyridine rings is 1. The average Bonchev–Trinajstić information content (AvgIpc) is 2.94. The normalized spacial score (nSPS) is 23.9. The number of nitrogen functional groups attached to an aromatic ring is 1. The van der Waals surface area contributed by atoms with Crippen molar-refractivity contribution < 1.29 is 8.42 Å². The lowest BCUT2D eigenvalue weighted by Gasteiger charge is -2.17. The van der Waals surface area contributed by atoms with E-state index in [9.17, 15) is 8.42 Å². The minimum Gasteiger partial charge on any atom is -0.396 e. The first-order chi connectivity index (χ1) is 7.93. The van der Waals surface area contributed by atoms with Crippen molar-refractivity contribution in [3.63, 3.8) is 0 Å². The van der Waals surface area contributed by atoms with Gasteiger partial charge in [0.05, 0.1) is 5.69 Å². The third-order valence-corrected chi connectivity index (χ3v) is 5.02. The van der Waals surface area contributed by atoms with Crippen LogP contribution in [0.1, 0.15) is 13.3 Å². The zero-order valence-electron chi connectivity index (χ0n) is 10.00. The van der Waals surface area contributed by atoms with Crippen LogP contribution in [0, 0.1) is 11.8 Å². The van der Waals surface area contributed by atoms with Gasteiger partial charge in [-0.15, -0.1) is 0 Å². The molecule has 0 amide bonds. The highest BCUT2D eigenvalue weighted by atomic mass is 32.2. The van der Waals surface area contributed by atoms with E-state index in [1.807, 2.05) is 0 Å². The molecule has 1 aromatic rings. The largest absolute Gasteiger partial charge is 0.396 e. The molecule has 0 aliphatic heterocycles. The highest BCUT2D eigenvalue weighted by Gasteiger charge is 2.36. The van der Waals surface area contributed by atoms with Crippen LogP contribution in [-0.2, 0) is 10.0 Å². The molecule has 0 aromatic carbocycles. The molecule has 1 aliphatic rings. The lowest BCUT2D eigenvalue weighted by molar-refractivity contribution is 0.443. The monoisotopic (exact) mass is 255 g/mol. The van der Waals surface area contributed by atoms with Gasteiger partial charge in [0.1, 0.15) is 0 Å². The summed E-state index contributed by atoms with van der Waals surface area (Å²) in [5.41, 5.74) is 5.85. The molecule has 2 rings (SSSR count). The molecule has 1 heterocycles. The Hall–Kier alpha value is -1.14. The molecule has 1 fully saturated rings. The van der Waals surface area contributed by atoms with Gasteiger partial charge in [0.25, 0.3) is 10.0 Å². The summed E-state index contributed by atoms with van der Waals surface area (Å²) in [5.74, 6) is 1.09. The van der Waals surface area contributed by atoms with E-state index in [-0.39, 0.29) is 10.7 Å². The fourth-order valence-corrected chi connectivity index (χ4v) is 3.09. The molecule has 1 aliphatic carbocycles. The maximum Gasteiger partial charge on any atom is 0.262 e. The molecule has 0 spiro atoms. The number of nitrogens with two attached hydrogens (primary N) is 1. The summed E-state index contributed by atoms with van der Waals surface area (Å²) in [7, 11) is -1.97. The Kier molecular flexibility index (Phi) is 3.09. The van der Waals surface area contributed by atoms with E-state index < -0.39 is 10.0 Å². The first-order valence-electron chi connectivity index (χ1n) is 5.59. The van der Waals surface area contributed by atoms with Gasteiger partial charge in [-0.05, 0) is 30.4 Å². The Morgan fingerprint density at radius 3 is 2.76 bits per heavy atom. The fraction of sp³-hybridized carbons (Fsp3) is 0.545. The molecule has 0 saturated heterocycles. The van der Waals surface area contributed by atoms with Crippen LogP contribution < -0.4 is 5.73 Å². The van der Waals surface area contributed by atoms with Gasteiger partial charge in [-0.1, -0.05) is 6.92 Å². The van der Waals surface area contributed by atoms with Crippen molar-refractivity contribution in [1.82, 2.24) is 9.29 Å². The lowest BCUT2D eigenvalue weighted by atomic mass is 10.3. The summed E-state index contributed by atoms with van der Waals surface area (Å²) in [6, 6.07) is 3.17. The van der Waals surface area contributed by atoms with Gasteiger partial charge in [-0.25, -0.2) is 13.4 Å². The third-order valence-electron chi connectivity index (χ3n) is 3.22. The number of aromatic nitrogens is 1. The van der Waals surface area contributed by atoms with Crippen molar-refractivity contribution in [2.24, 2.45) is 11.8 Å². The standard InChI is InChI=1S/C11H17N3O2S/c1-8-6-9(8)7-14(2)17(15,16)11-10(12)4-3-5-13-11/h3-5,8-9H,6-7,12H2,1-2H3. The van der Waals surface area contributed by atoms with E-state index in [0.29, 0.717) is 18.4 Å². The van der Waals surface area contributed by atoms with Gasteiger partial charge >= 0.3 is 0 Å². The Morgan fingerprint density at radius 2 is 2.24 bits per heavy atom. The molecule has 2 unspecified atom stereocenters. The van der Waals surface area contributed by atoms with Crippen molar-refractivity contribution in [3.05, 3.63) is 18.3 Å². The molecular weight excluding hydrogens is 238 g/mol. The molecule has 94 valence electrons. The second-order valence-corrected chi connectivity index (χ2v) is 6.62. The Labute approximate surface area is 102 Å². The van der Waals surface area contributed by atoms with E-state index in [4.69, 9.17) is 5.73 Å². The summed E-state index contributed by atoms with van der Waals surface area (Å²) < 4.78 is 25.8. The van der Waals surface area contributed by atoms with Crippen LogP contribution in [0.25, 0.3) is 0 Å². The van der Waals surface area contributed by atoms with Crippen LogP contribution in [0.15, 0.2) is 23.4 Å². The number of hydrogen-bond acceptors (Lipinski definition) is 4. The summed E-state index contributed by atoms with van der Waals surface area (Å²) in [5, 5.41) is -0.0456. The zero-order chi connectivity index (χ0) is 12.6. The highest BCUT2D eigenvalue weighted by molar-refractivity contribution is 7.89. The highest BCUT2D eigenvalue weighted by Crippen LogP contribution is 2.38. The summed E-state index contributed by atoms with van der Waals surface area (Å²) in [6.45, 7) is 2.67. The number of hydrogen-bond donors (Lipinski definition) is 1. The number of rotatable bonds is 4. The lowest BCUT2D eigenvalue weighted by Crippen LogP contribution is -2.30. The third kappa shape index (κ3) is 2.42. The van der Waals surface area contributed by atoms with Crippen molar-refractivity contribution in [1.29, 1.82) is 0 Å². The van der Waals surface area contributed by atoms with Gasteiger partial charge in [0.15, 0.2) is 5.03 Å². The van der Waals surface area contributed by atoms with Crippen LogP contribution >= 0.6 is 0 Å². The predicted molar refractivity (Wildman–Crippen MR) is 65.7 cm³/mol. The zero-order valence-corrected chi connectivity index (χ0v) is 10.8.